The average Bonchev–Trinajstić information content (AvgIpc) is 1.83. The molecular formula is C8H16. The predicted octanol–water partition coefficient (Wildman–Crippen LogP) is 3.00. The second-order valence-electron chi connectivity index (χ2n) is 2.32. The minimum atomic E-state index is 0.867. The van der Waals surface area contributed by atoms with Crippen molar-refractivity contribution in [3.8, 4) is 0 Å². The van der Waals surface area contributed by atoms with Crippen LogP contribution < -0.4 is 0 Å². The van der Waals surface area contributed by atoms with Crippen LogP contribution in [-0.2, 0) is 0 Å². The van der Waals surface area contributed by atoms with Gasteiger partial charge in [-0.2, -0.15) is 0 Å². The zero-order chi connectivity index (χ0) is 6.41. The van der Waals surface area contributed by atoms with Gasteiger partial charge in [-0.15, -0.1) is 0 Å². The molecule has 0 bridgehead atoms. The van der Waals surface area contributed by atoms with Crippen molar-refractivity contribution in [2.24, 2.45) is 5.92 Å². The van der Waals surface area contributed by atoms with Crippen LogP contribution in [-0.4, -0.2) is 0 Å². The summed E-state index contributed by atoms with van der Waals surface area (Å²) in [6.45, 7) is 6.58. The number of hydrogen-bond acceptors (Lipinski definition) is 0. The molecule has 0 spiro atoms. The van der Waals surface area contributed by atoms with Crippen molar-refractivity contribution >= 4 is 0 Å². The molecule has 0 unspecified atom stereocenters. The summed E-state index contributed by atoms with van der Waals surface area (Å²) in [6.07, 6.45) is 6.89. The minimum absolute atomic E-state index is 0.867. The highest BCUT2D eigenvalue weighted by Crippen LogP contribution is 2.05. The largest absolute Gasteiger partial charge is 0.0917 e. The van der Waals surface area contributed by atoms with Crippen LogP contribution in [0.2, 0.25) is 0 Å². The molecule has 0 rings (SSSR count). The first-order valence-electron chi connectivity index (χ1n) is 3.42. The van der Waals surface area contributed by atoms with E-state index in [1.807, 2.05) is 0 Å². The molecule has 0 heterocycles. The van der Waals surface area contributed by atoms with Crippen molar-refractivity contribution < 1.29 is 0 Å². The number of allylic oxidation sites excluding steroid dienone is 2. The van der Waals surface area contributed by atoms with E-state index in [0.29, 0.717) is 0 Å². The lowest BCUT2D eigenvalue weighted by Crippen LogP contribution is -1.86. The highest BCUT2D eigenvalue weighted by molar-refractivity contribution is 4.78. The second-order valence-corrected chi connectivity index (χ2v) is 2.32. The number of rotatable bonds is 3. The van der Waals surface area contributed by atoms with E-state index in [9.17, 15) is 0 Å². The fraction of sp³-hybridized carbons (Fsp3) is 0.750. The summed E-state index contributed by atoms with van der Waals surface area (Å²) >= 11 is 0. The molecule has 0 aliphatic rings. The molecule has 0 aromatic heterocycles. The monoisotopic (exact) mass is 112 g/mol. The molecule has 0 aliphatic carbocycles. The first kappa shape index (κ1) is 7.74. The van der Waals surface area contributed by atoms with E-state index < -0.39 is 0 Å². The summed E-state index contributed by atoms with van der Waals surface area (Å²) in [4.78, 5) is 0. The zero-order valence-electron chi connectivity index (χ0n) is 6.15. The summed E-state index contributed by atoms with van der Waals surface area (Å²) in [5, 5.41) is 0. The van der Waals surface area contributed by atoms with Crippen molar-refractivity contribution in [2.45, 2.75) is 33.6 Å². The van der Waals surface area contributed by atoms with Crippen molar-refractivity contribution in [1.82, 2.24) is 0 Å². The van der Waals surface area contributed by atoms with Crippen molar-refractivity contribution in [3.63, 3.8) is 0 Å². The lowest BCUT2D eigenvalue weighted by molar-refractivity contribution is 0.572. The molecular weight excluding hydrogens is 96.1 g/mol. The fourth-order valence-electron chi connectivity index (χ4n) is 0.535. The average molecular weight is 112 g/mol. The highest BCUT2D eigenvalue weighted by Gasteiger charge is 1.91. The first-order valence-corrected chi connectivity index (χ1v) is 3.42. The van der Waals surface area contributed by atoms with Crippen LogP contribution in [0.5, 0.6) is 0 Å². The van der Waals surface area contributed by atoms with Gasteiger partial charge in [0.15, 0.2) is 0 Å². The molecule has 0 nitrogen and oxygen atoms in total. The van der Waals surface area contributed by atoms with Gasteiger partial charge in [0.05, 0.1) is 0 Å². The predicted molar refractivity (Wildman–Crippen MR) is 38.9 cm³/mol. The molecule has 0 aliphatic heterocycles. The summed E-state index contributed by atoms with van der Waals surface area (Å²) in [7, 11) is 0. The maximum absolute atomic E-state index is 2.28. The third kappa shape index (κ3) is 3.91. The molecule has 0 aromatic carbocycles. The second kappa shape index (κ2) is 4.89. The van der Waals surface area contributed by atoms with Gasteiger partial charge in [0.1, 0.15) is 0 Å². The molecule has 0 radical (unpaired) electrons. The minimum Gasteiger partial charge on any atom is -0.0917 e. The third-order valence-electron chi connectivity index (χ3n) is 1.47. The Labute approximate surface area is 52.6 Å². The molecule has 0 heteroatoms. The van der Waals surface area contributed by atoms with Gasteiger partial charge in [0, 0.05) is 0 Å². The van der Waals surface area contributed by atoms with Crippen LogP contribution in [0.25, 0.3) is 0 Å². The van der Waals surface area contributed by atoms with Gasteiger partial charge in [0.25, 0.3) is 0 Å². The van der Waals surface area contributed by atoms with Crippen LogP contribution in [0, 0.1) is 5.92 Å². The molecule has 48 valence electrons. The van der Waals surface area contributed by atoms with E-state index in [4.69, 9.17) is 0 Å². The Morgan fingerprint density at radius 2 is 2.12 bits per heavy atom. The van der Waals surface area contributed by atoms with E-state index in [2.05, 4.69) is 32.9 Å². The molecule has 0 fully saturated rings. The summed E-state index contributed by atoms with van der Waals surface area (Å²) in [5.74, 6) is 0.867. The van der Waals surface area contributed by atoms with Gasteiger partial charge in [0.2, 0.25) is 0 Å². The van der Waals surface area contributed by atoms with Crippen LogP contribution in [0.4, 0.5) is 0 Å². The molecule has 8 heavy (non-hydrogen) atoms. The number of hydrogen-bond donors (Lipinski definition) is 0. The lowest BCUT2D eigenvalue weighted by Gasteiger charge is -2.00. The van der Waals surface area contributed by atoms with Crippen LogP contribution in [0.3, 0.4) is 0 Å². The molecule has 0 N–H and O–H groups in total. The van der Waals surface area contributed by atoms with E-state index in [0.717, 1.165) is 5.92 Å². The lowest BCUT2D eigenvalue weighted by atomic mass is 10.1. The molecule has 0 saturated carbocycles. The Bertz CT molecular complexity index is 62.4. The van der Waals surface area contributed by atoms with E-state index in [-0.39, 0.29) is 0 Å². The standard InChI is InChI=1S/C8H16/c1-4-6-7-8(3)5-2/h4,6,8H,5,7H2,1-3H3/b6-4+/t8-/m1/s1. The van der Waals surface area contributed by atoms with E-state index >= 15 is 0 Å². The highest BCUT2D eigenvalue weighted by atomic mass is 14.0. The van der Waals surface area contributed by atoms with Gasteiger partial charge in [-0.1, -0.05) is 32.4 Å². The fourth-order valence-corrected chi connectivity index (χ4v) is 0.535. The van der Waals surface area contributed by atoms with Crippen molar-refractivity contribution in [1.29, 1.82) is 0 Å². The van der Waals surface area contributed by atoms with Gasteiger partial charge in [-0.25, -0.2) is 0 Å². The molecule has 0 amide bonds. The maximum Gasteiger partial charge on any atom is -0.0325 e. The van der Waals surface area contributed by atoms with E-state index in [1.165, 1.54) is 12.8 Å². The van der Waals surface area contributed by atoms with Crippen molar-refractivity contribution in [3.05, 3.63) is 12.2 Å². The van der Waals surface area contributed by atoms with Gasteiger partial charge in [-0.3, -0.25) is 0 Å². The normalized spacial score (nSPS) is 14.9. The van der Waals surface area contributed by atoms with Crippen LogP contribution in [0.1, 0.15) is 33.6 Å². The summed E-state index contributed by atoms with van der Waals surface area (Å²) in [5.41, 5.74) is 0. The first-order chi connectivity index (χ1) is 3.81. The Morgan fingerprint density at radius 3 is 2.50 bits per heavy atom. The molecule has 0 saturated heterocycles. The Hall–Kier alpha value is -0.260. The van der Waals surface area contributed by atoms with Crippen molar-refractivity contribution in [2.75, 3.05) is 0 Å². The third-order valence-corrected chi connectivity index (χ3v) is 1.47. The zero-order valence-corrected chi connectivity index (χ0v) is 6.15. The molecule has 1 atom stereocenters. The Balaban J connectivity index is 3.10. The maximum atomic E-state index is 2.28. The van der Waals surface area contributed by atoms with E-state index in [1.54, 1.807) is 0 Å². The Morgan fingerprint density at radius 1 is 1.50 bits per heavy atom. The topological polar surface area (TPSA) is 0 Å². The summed E-state index contributed by atoms with van der Waals surface area (Å²) in [6, 6.07) is 0. The molecule has 0 aromatic rings. The smallest absolute Gasteiger partial charge is 0.0325 e. The van der Waals surface area contributed by atoms with Gasteiger partial charge in [-0.05, 0) is 19.3 Å². The quantitative estimate of drug-likeness (QED) is 0.492. The SMILES string of the molecule is C/C=C/C[C@H](C)CC. The van der Waals surface area contributed by atoms with Crippen LogP contribution >= 0.6 is 0 Å². The van der Waals surface area contributed by atoms with Gasteiger partial charge >= 0.3 is 0 Å². The van der Waals surface area contributed by atoms with Crippen LogP contribution in [0.15, 0.2) is 12.2 Å². The summed E-state index contributed by atoms with van der Waals surface area (Å²) < 4.78 is 0. The van der Waals surface area contributed by atoms with Gasteiger partial charge < -0.3 is 0 Å². The Kier molecular flexibility index (Phi) is 4.73.